The van der Waals surface area contributed by atoms with E-state index in [-0.39, 0.29) is 6.04 Å². The van der Waals surface area contributed by atoms with E-state index in [2.05, 4.69) is 29.8 Å². The Morgan fingerprint density at radius 2 is 2.00 bits per heavy atom. The molecule has 5 heteroatoms. The minimum absolute atomic E-state index is 0.227. The molecule has 0 amide bonds. The van der Waals surface area contributed by atoms with Gasteiger partial charge in [-0.1, -0.05) is 13.0 Å². The van der Waals surface area contributed by atoms with E-state index in [4.69, 9.17) is 0 Å². The van der Waals surface area contributed by atoms with E-state index in [1.165, 1.54) is 21.5 Å². The number of rotatable bonds is 5. The summed E-state index contributed by atoms with van der Waals surface area (Å²) in [6.45, 7) is 2.85. The molecule has 3 aromatic rings. The second-order valence-electron chi connectivity index (χ2n) is 4.85. The molecular formula is C16H15F2NS2. The van der Waals surface area contributed by atoms with Gasteiger partial charge in [-0.3, -0.25) is 0 Å². The molecule has 3 rings (SSSR count). The summed E-state index contributed by atoms with van der Waals surface area (Å²) in [5, 5.41) is 5.42. The molecule has 0 fully saturated rings. The molecule has 0 spiro atoms. The molecule has 0 aliphatic heterocycles. The van der Waals surface area contributed by atoms with Crippen LogP contribution in [0.15, 0.2) is 35.7 Å². The molecule has 2 aromatic heterocycles. The minimum Gasteiger partial charge on any atom is -0.306 e. The number of hydrogen-bond donors (Lipinski definition) is 1. The Bertz CT molecular complexity index is 719. The zero-order valence-corrected chi connectivity index (χ0v) is 13.2. The lowest BCUT2D eigenvalue weighted by Crippen LogP contribution is -2.23. The third-order valence-electron chi connectivity index (χ3n) is 3.31. The number of benzene rings is 1. The first-order valence-electron chi connectivity index (χ1n) is 6.84. The molecule has 1 aromatic carbocycles. The van der Waals surface area contributed by atoms with Gasteiger partial charge < -0.3 is 5.32 Å². The van der Waals surface area contributed by atoms with Crippen molar-refractivity contribution >= 4 is 32.1 Å². The van der Waals surface area contributed by atoms with E-state index in [0.717, 1.165) is 23.9 Å². The highest BCUT2D eigenvalue weighted by Crippen LogP contribution is 2.36. The highest BCUT2D eigenvalue weighted by molar-refractivity contribution is 7.27. The first-order chi connectivity index (χ1) is 10.2. The molecule has 1 nitrogen and oxygen atoms in total. The molecule has 21 heavy (non-hydrogen) atoms. The van der Waals surface area contributed by atoms with Crippen LogP contribution in [0.5, 0.6) is 0 Å². The Hall–Kier alpha value is -1.30. The minimum atomic E-state index is -0.544. The van der Waals surface area contributed by atoms with E-state index in [1.54, 1.807) is 22.7 Å². The smallest absolute Gasteiger partial charge is 0.131 e. The fraction of sp³-hybridized carbons (Fsp3) is 0.250. The molecule has 0 saturated heterocycles. The van der Waals surface area contributed by atoms with Crippen molar-refractivity contribution in [1.29, 1.82) is 0 Å². The summed E-state index contributed by atoms with van der Waals surface area (Å²) >= 11 is 3.34. The van der Waals surface area contributed by atoms with Crippen molar-refractivity contribution in [2.75, 3.05) is 6.54 Å². The molecule has 2 heterocycles. The Labute approximate surface area is 130 Å². The Kier molecular flexibility index (Phi) is 4.33. The Morgan fingerprint density at radius 3 is 2.71 bits per heavy atom. The summed E-state index contributed by atoms with van der Waals surface area (Å²) in [7, 11) is 0. The van der Waals surface area contributed by atoms with Gasteiger partial charge in [0.1, 0.15) is 11.6 Å². The van der Waals surface area contributed by atoms with E-state index in [9.17, 15) is 8.78 Å². The van der Waals surface area contributed by atoms with Gasteiger partial charge in [0, 0.05) is 25.9 Å². The average molecular weight is 323 g/mol. The molecule has 1 atom stereocenters. The van der Waals surface area contributed by atoms with E-state index < -0.39 is 11.6 Å². The Balaban J connectivity index is 2.02. The van der Waals surface area contributed by atoms with Gasteiger partial charge in [-0.05, 0) is 36.5 Å². The molecule has 1 unspecified atom stereocenters. The summed E-state index contributed by atoms with van der Waals surface area (Å²) in [6, 6.07) is 7.75. The van der Waals surface area contributed by atoms with Crippen molar-refractivity contribution in [3.8, 4) is 0 Å². The highest BCUT2D eigenvalue weighted by Gasteiger charge is 2.20. The van der Waals surface area contributed by atoms with Gasteiger partial charge in [0.25, 0.3) is 0 Å². The third-order valence-corrected chi connectivity index (χ3v) is 5.47. The van der Waals surface area contributed by atoms with Gasteiger partial charge in [0.2, 0.25) is 0 Å². The van der Waals surface area contributed by atoms with Gasteiger partial charge in [0.05, 0.1) is 6.04 Å². The highest BCUT2D eigenvalue weighted by atomic mass is 32.1. The SMILES string of the molecule is CCCNC(c1cc2sccc2s1)c1ccc(F)cc1F. The van der Waals surface area contributed by atoms with Crippen molar-refractivity contribution in [3.05, 3.63) is 57.8 Å². The number of hydrogen-bond acceptors (Lipinski definition) is 3. The number of nitrogens with one attached hydrogen (secondary N) is 1. The first-order valence-corrected chi connectivity index (χ1v) is 8.54. The largest absolute Gasteiger partial charge is 0.306 e. The average Bonchev–Trinajstić information content (AvgIpc) is 3.02. The zero-order valence-electron chi connectivity index (χ0n) is 11.5. The number of fused-ring (bicyclic) bond motifs is 1. The summed E-state index contributed by atoms with van der Waals surface area (Å²) in [4.78, 5) is 1.07. The van der Waals surface area contributed by atoms with Crippen molar-refractivity contribution < 1.29 is 8.78 Å². The van der Waals surface area contributed by atoms with E-state index in [1.807, 2.05) is 0 Å². The van der Waals surface area contributed by atoms with Crippen LogP contribution in [0.1, 0.15) is 29.8 Å². The van der Waals surface area contributed by atoms with Gasteiger partial charge in [-0.2, -0.15) is 0 Å². The molecule has 0 aliphatic rings. The molecular weight excluding hydrogens is 308 g/mol. The van der Waals surface area contributed by atoms with Crippen LogP contribution in [0.2, 0.25) is 0 Å². The van der Waals surface area contributed by atoms with Crippen LogP contribution >= 0.6 is 22.7 Å². The normalized spacial score (nSPS) is 12.9. The predicted molar refractivity (Wildman–Crippen MR) is 86.2 cm³/mol. The van der Waals surface area contributed by atoms with Crippen molar-refractivity contribution in [1.82, 2.24) is 5.32 Å². The van der Waals surface area contributed by atoms with Gasteiger partial charge in [-0.25, -0.2) is 8.78 Å². The lowest BCUT2D eigenvalue weighted by molar-refractivity contribution is 0.536. The molecule has 0 aliphatic carbocycles. The quantitative estimate of drug-likeness (QED) is 0.669. The fourth-order valence-corrected chi connectivity index (χ4v) is 4.53. The van der Waals surface area contributed by atoms with Crippen LogP contribution in [0.25, 0.3) is 9.40 Å². The zero-order chi connectivity index (χ0) is 14.8. The number of thiophene rings is 2. The summed E-state index contributed by atoms with van der Waals surface area (Å²) in [5.74, 6) is -1.04. The molecule has 110 valence electrons. The van der Waals surface area contributed by atoms with Crippen molar-refractivity contribution in [3.63, 3.8) is 0 Å². The standard InChI is InChI=1S/C16H15F2NS2/c1-2-6-19-16(11-4-3-10(17)8-12(11)18)15-9-14-13(21-15)5-7-20-14/h3-5,7-9,16,19H,2,6H2,1H3. The maximum atomic E-state index is 14.1. The summed E-state index contributed by atoms with van der Waals surface area (Å²) in [6.07, 6.45) is 0.957. The van der Waals surface area contributed by atoms with Crippen LogP contribution < -0.4 is 5.32 Å². The maximum absolute atomic E-state index is 14.1. The fourth-order valence-electron chi connectivity index (χ4n) is 2.31. The third kappa shape index (κ3) is 3.00. The van der Waals surface area contributed by atoms with E-state index >= 15 is 0 Å². The maximum Gasteiger partial charge on any atom is 0.131 e. The second kappa shape index (κ2) is 6.22. The topological polar surface area (TPSA) is 12.0 Å². The van der Waals surface area contributed by atoms with Crippen molar-refractivity contribution in [2.45, 2.75) is 19.4 Å². The Morgan fingerprint density at radius 1 is 1.14 bits per heavy atom. The molecule has 0 bridgehead atoms. The van der Waals surface area contributed by atoms with Gasteiger partial charge >= 0.3 is 0 Å². The summed E-state index contributed by atoms with van der Waals surface area (Å²) in [5.41, 5.74) is 0.499. The lowest BCUT2D eigenvalue weighted by Gasteiger charge is -2.18. The van der Waals surface area contributed by atoms with Crippen LogP contribution in [0, 0.1) is 11.6 Å². The van der Waals surface area contributed by atoms with Gasteiger partial charge in [0.15, 0.2) is 0 Å². The predicted octanol–water partition coefficient (Wildman–Crippen LogP) is 5.33. The first kappa shape index (κ1) is 14.6. The second-order valence-corrected chi connectivity index (χ2v) is 6.91. The molecule has 0 radical (unpaired) electrons. The number of halogens is 2. The lowest BCUT2D eigenvalue weighted by atomic mass is 10.0. The van der Waals surface area contributed by atoms with Gasteiger partial charge in [-0.15, -0.1) is 22.7 Å². The van der Waals surface area contributed by atoms with Crippen LogP contribution in [0.3, 0.4) is 0 Å². The molecule has 0 saturated carbocycles. The van der Waals surface area contributed by atoms with Crippen LogP contribution in [0.4, 0.5) is 8.78 Å². The van der Waals surface area contributed by atoms with Crippen molar-refractivity contribution in [2.24, 2.45) is 0 Å². The van der Waals surface area contributed by atoms with E-state index in [0.29, 0.717) is 5.56 Å². The van der Waals surface area contributed by atoms with Crippen LogP contribution in [-0.4, -0.2) is 6.54 Å². The molecule has 1 N–H and O–H groups in total. The monoisotopic (exact) mass is 323 g/mol. The van der Waals surface area contributed by atoms with Crippen LogP contribution in [-0.2, 0) is 0 Å². The summed E-state index contributed by atoms with van der Waals surface area (Å²) < 4.78 is 29.7.